The summed E-state index contributed by atoms with van der Waals surface area (Å²) in [6.45, 7) is 6.25. The summed E-state index contributed by atoms with van der Waals surface area (Å²) in [5.74, 6) is -2.26. The molecule has 1 unspecified atom stereocenters. The first kappa shape index (κ1) is 28.2. The summed E-state index contributed by atoms with van der Waals surface area (Å²) in [6.07, 6.45) is 2.51. The third kappa shape index (κ3) is 17.1. The number of aliphatic carboxylic acids is 1. The van der Waals surface area contributed by atoms with Gasteiger partial charge in [-0.1, -0.05) is 13.8 Å². The molecular formula is C21H37NO8. The molecule has 0 bridgehead atoms. The number of carbonyl (C=O) groups is 4. The predicted octanol–water partition coefficient (Wildman–Crippen LogP) is 1.76. The molecule has 0 aromatic heterocycles. The maximum atomic E-state index is 11.8. The van der Waals surface area contributed by atoms with Crippen molar-refractivity contribution in [1.29, 1.82) is 0 Å². The number of ketones is 2. The SMILES string of the molecule is CCCOCCCC(=O)COCCOCCNC(=O)CCC(CC(=O)CC)C(=O)O. The highest BCUT2D eigenvalue weighted by Crippen LogP contribution is 2.13. The fourth-order valence-electron chi connectivity index (χ4n) is 2.48. The van der Waals surface area contributed by atoms with Gasteiger partial charge in [0.05, 0.1) is 25.7 Å². The molecule has 0 rings (SSSR count). The quantitative estimate of drug-likeness (QED) is 0.263. The number of carboxylic acid groups (broad SMARTS) is 1. The second-order valence-electron chi connectivity index (χ2n) is 6.94. The smallest absolute Gasteiger partial charge is 0.306 e. The fourth-order valence-corrected chi connectivity index (χ4v) is 2.48. The van der Waals surface area contributed by atoms with Gasteiger partial charge >= 0.3 is 5.97 Å². The third-order valence-electron chi connectivity index (χ3n) is 4.23. The molecule has 0 spiro atoms. The topological polar surface area (TPSA) is 128 Å². The molecule has 0 aliphatic heterocycles. The third-order valence-corrected chi connectivity index (χ3v) is 4.23. The average molecular weight is 432 g/mol. The molecule has 9 nitrogen and oxygen atoms in total. The molecule has 0 aromatic rings. The van der Waals surface area contributed by atoms with Crippen LogP contribution in [0.3, 0.4) is 0 Å². The maximum absolute atomic E-state index is 11.8. The van der Waals surface area contributed by atoms with E-state index in [1.807, 2.05) is 6.92 Å². The van der Waals surface area contributed by atoms with Gasteiger partial charge in [-0.3, -0.25) is 19.2 Å². The van der Waals surface area contributed by atoms with E-state index in [0.29, 0.717) is 45.6 Å². The molecule has 0 aromatic carbocycles. The van der Waals surface area contributed by atoms with E-state index < -0.39 is 11.9 Å². The van der Waals surface area contributed by atoms with E-state index in [1.165, 1.54) is 0 Å². The Hall–Kier alpha value is -1.84. The first-order valence-electron chi connectivity index (χ1n) is 10.7. The summed E-state index contributed by atoms with van der Waals surface area (Å²) < 4.78 is 15.9. The molecule has 174 valence electrons. The van der Waals surface area contributed by atoms with Crippen molar-refractivity contribution in [2.45, 2.75) is 58.8 Å². The van der Waals surface area contributed by atoms with Crippen LogP contribution in [0.2, 0.25) is 0 Å². The minimum Gasteiger partial charge on any atom is -0.481 e. The van der Waals surface area contributed by atoms with E-state index in [0.717, 1.165) is 6.42 Å². The summed E-state index contributed by atoms with van der Waals surface area (Å²) in [5, 5.41) is 11.8. The van der Waals surface area contributed by atoms with Gasteiger partial charge in [0.15, 0.2) is 5.78 Å². The summed E-state index contributed by atoms with van der Waals surface area (Å²) in [7, 11) is 0. The highest BCUT2D eigenvalue weighted by Gasteiger charge is 2.21. The van der Waals surface area contributed by atoms with Crippen LogP contribution in [0.1, 0.15) is 58.8 Å². The molecule has 0 fully saturated rings. The van der Waals surface area contributed by atoms with E-state index in [1.54, 1.807) is 6.92 Å². The highest BCUT2D eigenvalue weighted by atomic mass is 16.5. The van der Waals surface area contributed by atoms with E-state index in [4.69, 9.17) is 19.3 Å². The highest BCUT2D eigenvalue weighted by molar-refractivity contribution is 5.84. The Balaban J connectivity index is 3.61. The lowest BCUT2D eigenvalue weighted by atomic mass is 9.96. The lowest BCUT2D eigenvalue weighted by molar-refractivity contribution is -0.144. The van der Waals surface area contributed by atoms with Gasteiger partial charge in [-0.25, -0.2) is 0 Å². The van der Waals surface area contributed by atoms with Crippen molar-refractivity contribution in [3.63, 3.8) is 0 Å². The molecular weight excluding hydrogens is 394 g/mol. The second kappa shape index (κ2) is 19.1. The number of carboxylic acids is 1. The number of ether oxygens (including phenoxy) is 3. The van der Waals surface area contributed by atoms with Gasteiger partial charge in [-0.2, -0.15) is 0 Å². The molecule has 0 saturated carbocycles. The average Bonchev–Trinajstić information content (AvgIpc) is 2.72. The Morgan fingerprint density at radius 3 is 2.23 bits per heavy atom. The van der Waals surface area contributed by atoms with Crippen LogP contribution in [0.5, 0.6) is 0 Å². The van der Waals surface area contributed by atoms with Crippen LogP contribution in [0.25, 0.3) is 0 Å². The lowest BCUT2D eigenvalue weighted by Crippen LogP contribution is -2.29. The zero-order valence-corrected chi connectivity index (χ0v) is 18.3. The number of hydrogen-bond acceptors (Lipinski definition) is 7. The Labute approximate surface area is 178 Å². The molecule has 0 heterocycles. The van der Waals surface area contributed by atoms with Gasteiger partial charge < -0.3 is 24.6 Å². The van der Waals surface area contributed by atoms with E-state index >= 15 is 0 Å². The fraction of sp³-hybridized carbons (Fsp3) is 0.810. The molecule has 1 atom stereocenters. The monoisotopic (exact) mass is 431 g/mol. The van der Waals surface area contributed by atoms with Gasteiger partial charge in [-0.15, -0.1) is 0 Å². The molecule has 9 heteroatoms. The number of hydrogen-bond donors (Lipinski definition) is 2. The van der Waals surface area contributed by atoms with Gasteiger partial charge in [0.25, 0.3) is 0 Å². The van der Waals surface area contributed by atoms with Gasteiger partial charge in [0.2, 0.25) is 5.91 Å². The van der Waals surface area contributed by atoms with Gasteiger partial charge in [0.1, 0.15) is 12.4 Å². The van der Waals surface area contributed by atoms with Crippen LogP contribution >= 0.6 is 0 Å². The molecule has 2 N–H and O–H groups in total. The van der Waals surface area contributed by atoms with Crippen LogP contribution in [-0.2, 0) is 33.4 Å². The normalized spacial score (nSPS) is 11.8. The number of amides is 1. The molecule has 0 aliphatic rings. The number of rotatable bonds is 21. The molecule has 1 amide bonds. The standard InChI is InChI=1S/C21H37NO8/c1-3-10-28-11-5-6-19(24)16-30-14-13-29-12-9-22-20(25)8-7-17(21(26)27)15-18(23)4-2/h17H,3-16H2,1-2H3,(H,22,25)(H,26,27). The predicted molar refractivity (Wildman–Crippen MR) is 110 cm³/mol. The molecule has 30 heavy (non-hydrogen) atoms. The molecule has 0 radical (unpaired) electrons. The minimum absolute atomic E-state index is 0.0302. The Bertz CT molecular complexity index is 509. The van der Waals surface area contributed by atoms with Crippen LogP contribution in [0.4, 0.5) is 0 Å². The molecule has 0 aliphatic carbocycles. The second-order valence-corrected chi connectivity index (χ2v) is 6.94. The zero-order chi connectivity index (χ0) is 22.6. The van der Waals surface area contributed by atoms with Gasteiger partial charge in [-0.05, 0) is 19.3 Å². The van der Waals surface area contributed by atoms with E-state index in [-0.39, 0.29) is 56.6 Å². The zero-order valence-electron chi connectivity index (χ0n) is 18.3. The van der Waals surface area contributed by atoms with E-state index in [9.17, 15) is 19.2 Å². The van der Waals surface area contributed by atoms with Crippen molar-refractivity contribution < 1.29 is 38.5 Å². The van der Waals surface area contributed by atoms with Crippen molar-refractivity contribution in [2.75, 3.05) is 46.2 Å². The maximum Gasteiger partial charge on any atom is 0.306 e. The molecule has 0 saturated heterocycles. The van der Waals surface area contributed by atoms with E-state index in [2.05, 4.69) is 5.32 Å². The van der Waals surface area contributed by atoms with Crippen LogP contribution < -0.4 is 5.32 Å². The Morgan fingerprint density at radius 2 is 1.57 bits per heavy atom. The summed E-state index contributed by atoms with van der Waals surface area (Å²) in [5.41, 5.74) is 0. The number of nitrogens with one attached hydrogen (secondary N) is 1. The first-order chi connectivity index (χ1) is 14.4. The van der Waals surface area contributed by atoms with Crippen molar-refractivity contribution >= 4 is 23.4 Å². The summed E-state index contributed by atoms with van der Waals surface area (Å²) in [4.78, 5) is 45.9. The summed E-state index contributed by atoms with van der Waals surface area (Å²) in [6, 6.07) is 0. The van der Waals surface area contributed by atoms with Crippen molar-refractivity contribution in [1.82, 2.24) is 5.32 Å². The number of Topliss-reactive ketones (excluding diaryl/α,β-unsaturated/α-hetero) is 2. The number of carbonyl (C=O) groups excluding carboxylic acids is 3. The van der Waals surface area contributed by atoms with Gasteiger partial charge in [0, 0.05) is 45.4 Å². The lowest BCUT2D eigenvalue weighted by Gasteiger charge is -2.11. The first-order valence-corrected chi connectivity index (χ1v) is 10.7. The van der Waals surface area contributed by atoms with Crippen molar-refractivity contribution in [3.05, 3.63) is 0 Å². The van der Waals surface area contributed by atoms with Crippen molar-refractivity contribution in [2.24, 2.45) is 5.92 Å². The van der Waals surface area contributed by atoms with Crippen LogP contribution in [0, 0.1) is 5.92 Å². The Kier molecular flexibility index (Phi) is 18.0. The van der Waals surface area contributed by atoms with Crippen LogP contribution in [-0.4, -0.2) is 74.7 Å². The van der Waals surface area contributed by atoms with Crippen molar-refractivity contribution in [3.8, 4) is 0 Å². The minimum atomic E-state index is -1.06. The van der Waals surface area contributed by atoms with Crippen LogP contribution in [0.15, 0.2) is 0 Å². The summed E-state index contributed by atoms with van der Waals surface area (Å²) >= 11 is 0. The Morgan fingerprint density at radius 1 is 0.867 bits per heavy atom. The largest absolute Gasteiger partial charge is 0.481 e.